The van der Waals surface area contributed by atoms with Gasteiger partial charge in [-0.05, 0) is 32.8 Å². The summed E-state index contributed by atoms with van der Waals surface area (Å²) in [5, 5.41) is 17.4. The van der Waals surface area contributed by atoms with Crippen molar-refractivity contribution in [2.75, 3.05) is 0 Å². The van der Waals surface area contributed by atoms with Gasteiger partial charge in [-0.25, -0.2) is 0 Å². The smallest absolute Gasteiger partial charge is 0.269 e. The fraction of sp³-hybridized carbons (Fsp3) is 0.733. The molecule has 5 heteroatoms. The number of nitrogens with one attached hydrogen (secondary N) is 1. The van der Waals surface area contributed by atoms with Gasteiger partial charge >= 0.3 is 0 Å². The van der Waals surface area contributed by atoms with Crippen LogP contribution in [-0.4, -0.2) is 32.9 Å². The Bertz CT molecular complexity index is 456. The summed E-state index contributed by atoms with van der Waals surface area (Å²) in [6.45, 7) is 4.52. The van der Waals surface area contributed by atoms with Crippen molar-refractivity contribution in [1.82, 2.24) is 15.1 Å². The lowest BCUT2D eigenvalue weighted by Crippen LogP contribution is -2.44. The second kappa shape index (κ2) is 6.88. The predicted octanol–water partition coefficient (Wildman–Crippen LogP) is 2.02. The van der Waals surface area contributed by atoms with Crippen molar-refractivity contribution in [3.8, 4) is 0 Å². The first kappa shape index (κ1) is 15.0. The van der Waals surface area contributed by atoms with Crippen LogP contribution < -0.4 is 5.32 Å². The van der Waals surface area contributed by atoms with Gasteiger partial charge in [-0.15, -0.1) is 0 Å². The third-order valence-corrected chi connectivity index (χ3v) is 3.98. The molecule has 0 saturated heterocycles. The number of amides is 1. The second-order valence-electron chi connectivity index (χ2n) is 5.63. The van der Waals surface area contributed by atoms with E-state index >= 15 is 0 Å². The van der Waals surface area contributed by atoms with Gasteiger partial charge in [0.15, 0.2) is 0 Å². The van der Waals surface area contributed by atoms with Crippen molar-refractivity contribution in [2.24, 2.45) is 0 Å². The van der Waals surface area contributed by atoms with Crippen molar-refractivity contribution < 1.29 is 9.90 Å². The average Bonchev–Trinajstić information content (AvgIpc) is 2.79. The molecule has 2 rings (SSSR count). The first-order valence-electron chi connectivity index (χ1n) is 7.65. The lowest BCUT2D eigenvalue weighted by atomic mass is 9.94. The first-order valence-corrected chi connectivity index (χ1v) is 7.65. The van der Waals surface area contributed by atoms with Gasteiger partial charge in [-0.3, -0.25) is 9.48 Å². The molecular weight excluding hydrogens is 254 g/mol. The van der Waals surface area contributed by atoms with E-state index in [1.807, 2.05) is 13.8 Å². The lowest BCUT2D eigenvalue weighted by Gasteiger charge is -2.26. The molecule has 0 bridgehead atoms. The third-order valence-electron chi connectivity index (χ3n) is 3.98. The molecule has 0 radical (unpaired) electrons. The molecule has 0 unspecified atom stereocenters. The Morgan fingerprint density at radius 2 is 2.10 bits per heavy atom. The Morgan fingerprint density at radius 3 is 2.80 bits per heavy atom. The van der Waals surface area contributed by atoms with Crippen molar-refractivity contribution >= 4 is 5.91 Å². The number of carbonyl (C=O) groups excluding carboxylic acids is 1. The Hall–Kier alpha value is -1.36. The molecule has 112 valence electrons. The minimum Gasteiger partial charge on any atom is -0.391 e. The number of aryl methyl sites for hydroxylation is 2. The average molecular weight is 279 g/mol. The van der Waals surface area contributed by atoms with Crippen LogP contribution in [0.2, 0.25) is 0 Å². The molecule has 1 aromatic rings. The van der Waals surface area contributed by atoms with Gasteiger partial charge in [-0.1, -0.05) is 25.7 Å². The monoisotopic (exact) mass is 279 g/mol. The highest BCUT2D eigenvalue weighted by Crippen LogP contribution is 2.18. The van der Waals surface area contributed by atoms with Crippen molar-refractivity contribution in [2.45, 2.75) is 71.1 Å². The number of aliphatic hydroxyl groups excluding tert-OH is 1. The molecule has 1 aliphatic carbocycles. The Morgan fingerprint density at radius 1 is 1.40 bits per heavy atom. The summed E-state index contributed by atoms with van der Waals surface area (Å²) in [5.74, 6) is -0.128. The number of rotatable bonds is 3. The highest BCUT2D eigenvalue weighted by atomic mass is 16.3. The van der Waals surface area contributed by atoms with Gasteiger partial charge in [-0.2, -0.15) is 5.10 Å². The van der Waals surface area contributed by atoms with E-state index in [-0.39, 0.29) is 11.9 Å². The van der Waals surface area contributed by atoms with Crippen LogP contribution in [0.3, 0.4) is 0 Å². The van der Waals surface area contributed by atoms with Gasteiger partial charge in [0, 0.05) is 6.54 Å². The summed E-state index contributed by atoms with van der Waals surface area (Å²) in [6.07, 6.45) is 5.67. The van der Waals surface area contributed by atoms with Gasteiger partial charge in [0.1, 0.15) is 5.69 Å². The highest BCUT2D eigenvalue weighted by Gasteiger charge is 2.24. The Kier molecular flexibility index (Phi) is 5.17. The standard InChI is InChI=1S/C15H25N3O2/c1-3-18-13(10-11(2)17-18)15(20)16-12-8-6-4-5-7-9-14(12)19/h10,12,14,19H,3-9H2,1-2H3,(H,16,20)/t12-,14-/m0/s1. The van der Waals surface area contributed by atoms with Gasteiger partial charge in [0.2, 0.25) is 0 Å². The van der Waals surface area contributed by atoms with Crippen LogP contribution >= 0.6 is 0 Å². The number of hydrogen-bond acceptors (Lipinski definition) is 3. The van der Waals surface area contributed by atoms with Crippen LogP contribution in [0.15, 0.2) is 6.07 Å². The number of aliphatic hydroxyl groups is 1. The largest absolute Gasteiger partial charge is 0.391 e. The van der Waals surface area contributed by atoms with Crippen molar-refractivity contribution in [3.63, 3.8) is 0 Å². The molecule has 1 heterocycles. The molecule has 0 aromatic carbocycles. The fourth-order valence-corrected chi connectivity index (χ4v) is 2.84. The molecule has 2 N–H and O–H groups in total. The number of aromatic nitrogens is 2. The lowest BCUT2D eigenvalue weighted by molar-refractivity contribution is 0.0762. The van der Waals surface area contributed by atoms with Crippen LogP contribution in [0.25, 0.3) is 0 Å². The van der Waals surface area contributed by atoms with E-state index in [1.165, 1.54) is 12.8 Å². The third kappa shape index (κ3) is 3.60. The molecular formula is C15H25N3O2. The Labute approximate surface area is 120 Å². The van der Waals surface area contributed by atoms with E-state index in [1.54, 1.807) is 10.7 Å². The molecule has 5 nitrogen and oxygen atoms in total. The van der Waals surface area contributed by atoms with Crippen LogP contribution in [0.1, 0.15) is 61.6 Å². The summed E-state index contributed by atoms with van der Waals surface area (Å²) < 4.78 is 1.71. The molecule has 0 spiro atoms. The van der Waals surface area contributed by atoms with E-state index in [2.05, 4.69) is 10.4 Å². The second-order valence-corrected chi connectivity index (χ2v) is 5.63. The fourth-order valence-electron chi connectivity index (χ4n) is 2.84. The molecule has 2 atom stereocenters. The summed E-state index contributed by atoms with van der Waals surface area (Å²) in [7, 11) is 0. The van der Waals surface area contributed by atoms with Gasteiger partial charge in [0.05, 0.1) is 17.8 Å². The quantitative estimate of drug-likeness (QED) is 0.889. The summed E-state index contributed by atoms with van der Waals surface area (Å²) in [6, 6.07) is 1.66. The summed E-state index contributed by atoms with van der Waals surface area (Å²) in [5.41, 5.74) is 1.43. The number of hydrogen-bond donors (Lipinski definition) is 2. The minimum absolute atomic E-state index is 0.128. The molecule has 20 heavy (non-hydrogen) atoms. The highest BCUT2D eigenvalue weighted by molar-refractivity contribution is 5.92. The van der Waals surface area contributed by atoms with Crippen LogP contribution in [0.4, 0.5) is 0 Å². The van der Waals surface area contributed by atoms with E-state index in [4.69, 9.17) is 0 Å². The van der Waals surface area contributed by atoms with Crippen molar-refractivity contribution in [3.05, 3.63) is 17.5 Å². The summed E-state index contributed by atoms with van der Waals surface area (Å²) in [4.78, 5) is 12.4. The maximum Gasteiger partial charge on any atom is 0.269 e. The molecule has 1 aliphatic rings. The molecule has 1 fully saturated rings. The van der Waals surface area contributed by atoms with E-state index in [0.717, 1.165) is 31.4 Å². The summed E-state index contributed by atoms with van der Waals surface area (Å²) >= 11 is 0. The van der Waals surface area contributed by atoms with Gasteiger partial charge in [0.25, 0.3) is 5.91 Å². The van der Waals surface area contributed by atoms with Crippen molar-refractivity contribution in [1.29, 1.82) is 0 Å². The van der Waals surface area contributed by atoms with Crippen LogP contribution in [0, 0.1) is 6.92 Å². The first-order chi connectivity index (χ1) is 9.61. The van der Waals surface area contributed by atoms with Gasteiger partial charge < -0.3 is 10.4 Å². The zero-order valence-electron chi connectivity index (χ0n) is 12.4. The van der Waals surface area contributed by atoms with Crippen LogP contribution in [0.5, 0.6) is 0 Å². The topological polar surface area (TPSA) is 67.2 Å². The number of carbonyl (C=O) groups is 1. The van der Waals surface area contributed by atoms with E-state index in [0.29, 0.717) is 12.2 Å². The van der Waals surface area contributed by atoms with Crippen LogP contribution in [-0.2, 0) is 6.54 Å². The maximum atomic E-state index is 12.4. The molecule has 1 saturated carbocycles. The minimum atomic E-state index is -0.432. The molecule has 0 aliphatic heterocycles. The van der Waals surface area contributed by atoms with E-state index < -0.39 is 6.10 Å². The predicted molar refractivity (Wildman–Crippen MR) is 77.6 cm³/mol. The maximum absolute atomic E-state index is 12.4. The zero-order valence-corrected chi connectivity index (χ0v) is 12.4. The molecule has 1 aromatic heterocycles. The normalized spacial score (nSPS) is 23.9. The van der Waals surface area contributed by atoms with E-state index in [9.17, 15) is 9.90 Å². The SMILES string of the molecule is CCn1nc(C)cc1C(=O)N[C@H]1CCCCCC[C@@H]1O. The zero-order chi connectivity index (χ0) is 14.5. The number of nitrogens with zero attached hydrogens (tertiary/aromatic N) is 2. The Balaban J connectivity index is 2.05. The molecule has 1 amide bonds.